The molecule has 0 aromatic carbocycles. The Morgan fingerprint density at radius 1 is 1.40 bits per heavy atom. The summed E-state index contributed by atoms with van der Waals surface area (Å²) in [5, 5.41) is 4.46. The molecule has 0 radical (unpaired) electrons. The molecule has 1 aliphatic heterocycles. The van der Waals surface area contributed by atoms with Crippen molar-refractivity contribution in [3.05, 3.63) is 22.4 Å². The zero-order valence-corrected chi connectivity index (χ0v) is 13.9. The molecule has 0 bridgehead atoms. The zero-order chi connectivity index (χ0) is 14.5. The number of nitrogens with two attached hydrogens (primary N) is 1. The van der Waals surface area contributed by atoms with Crippen molar-refractivity contribution in [3.8, 4) is 0 Å². The van der Waals surface area contributed by atoms with E-state index in [1.54, 1.807) is 11.3 Å². The molecule has 3 nitrogen and oxygen atoms in total. The van der Waals surface area contributed by atoms with E-state index in [9.17, 15) is 0 Å². The Morgan fingerprint density at radius 2 is 2.20 bits per heavy atom. The van der Waals surface area contributed by atoms with Crippen molar-refractivity contribution in [2.75, 3.05) is 26.7 Å². The van der Waals surface area contributed by atoms with Gasteiger partial charge in [-0.15, -0.1) is 0 Å². The summed E-state index contributed by atoms with van der Waals surface area (Å²) in [6.45, 7) is 8.03. The Labute approximate surface area is 127 Å². The first-order valence-corrected chi connectivity index (χ1v) is 8.83. The van der Waals surface area contributed by atoms with Gasteiger partial charge in [0.25, 0.3) is 0 Å². The third-order valence-electron chi connectivity index (χ3n) is 4.54. The lowest BCUT2D eigenvalue weighted by Crippen LogP contribution is -2.47. The van der Waals surface area contributed by atoms with Crippen LogP contribution in [-0.2, 0) is 0 Å². The van der Waals surface area contributed by atoms with Gasteiger partial charge in [0.15, 0.2) is 0 Å². The SMILES string of the molecule is CCC(N)C(c1ccsc1)N1CCCN(C)CC1CC. The van der Waals surface area contributed by atoms with Crippen LogP contribution in [0, 0.1) is 0 Å². The lowest BCUT2D eigenvalue weighted by molar-refractivity contribution is 0.109. The highest BCUT2D eigenvalue weighted by Crippen LogP contribution is 2.31. The Bertz CT molecular complexity index is 379. The minimum Gasteiger partial charge on any atom is -0.326 e. The van der Waals surface area contributed by atoms with Crippen LogP contribution in [0.4, 0.5) is 0 Å². The molecule has 1 aliphatic rings. The Kier molecular flexibility index (Phi) is 6.02. The van der Waals surface area contributed by atoms with Crippen LogP contribution in [0.25, 0.3) is 0 Å². The summed E-state index contributed by atoms with van der Waals surface area (Å²) in [6.07, 6.45) is 3.47. The van der Waals surface area contributed by atoms with Crippen LogP contribution in [0.3, 0.4) is 0 Å². The minimum atomic E-state index is 0.224. The van der Waals surface area contributed by atoms with Gasteiger partial charge in [0, 0.05) is 25.2 Å². The molecule has 3 atom stereocenters. The van der Waals surface area contributed by atoms with Crippen LogP contribution in [0.2, 0.25) is 0 Å². The molecule has 2 N–H and O–H groups in total. The average Bonchev–Trinajstić information content (AvgIpc) is 2.90. The smallest absolute Gasteiger partial charge is 0.0510 e. The number of nitrogens with zero attached hydrogens (tertiary/aromatic N) is 2. The van der Waals surface area contributed by atoms with E-state index in [2.05, 4.69) is 47.5 Å². The molecule has 1 saturated heterocycles. The van der Waals surface area contributed by atoms with Crippen LogP contribution in [0.5, 0.6) is 0 Å². The van der Waals surface area contributed by atoms with E-state index in [1.165, 1.54) is 24.9 Å². The van der Waals surface area contributed by atoms with Gasteiger partial charge in [-0.05, 0) is 55.2 Å². The standard InChI is InChI=1S/C16H29N3S/c1-4-14-11-18(3)8-6-9-19(14)16(15(17)5-2)13-7-10-20-12-13/h7,10,12,14-16H,4-6,8-9,11,17H2,1-3H3. The highest BCUT2D eigenvalue weighted by Gasteiger charge is 2.32. The second-order valence-electron chi connectivity index (χ2n) is 5.99. The number of hydrogen-bond acceptors (Lipinski definition) is 4. The maximum absolute atomic E-state index is 6.49. The lowest BCUT2D eigenvalue weighted by Gasteiger charge is -2.39. The van der Waals surface area contributed by atoms with Crippen LogP contribution >= 0.6 is 11.3 Å². The van der Waals surface area contributed by atoms with Crippen molar-refractivity contribution in [2.24, 2.45) is 5.73 Å². The molecule has 2 rings (SSSR count). The first-order chi connectivity index (χ1) is 9.67. The van der Waals surface area contributed by atoms with E-state index >= 15 is 0 Å². The fourth-order valence-electron chi connectivity index (χ4n) is 3.34. The van der Waals surface area contributed by atoms with Crippen LogP contribution in [0.1, 0.15) is 44.7 Å². The molecular formula is C16H29N3S. The molecule has 1 fully saturated rings. The Balaban J connectivity index is 2.25. The lowest BCUT2D eigenvalue weighted by atomic mass is 9.96. The number of thiophene rings is 1. The van der Waals surface area contributed by atoms with Crippen molar-refractivity contribution < 1.29 is 0 Å². The van der Waals surface area contributed by atoms with Gasteiger partial charge in [-0.3, -0.25) is 4.90 Å². The van der Waals surface area contributed by atoms with E-state index in [0.717, 1.165) is 19.5 Å². The fourth-order valence-corrected chi connectivity index (χ4v) is 4.03. The minimum absolute atomic E-state index is 0.224. The molecule has 2 heterocycles. The van der Waals surface area contributed by atoms with Gasteiger partial charge < -0.3 is 10.6 Å². The van der Waals surface area contributed by atoms with E-state index in [0.29, 0.717) is 12.1 Å². The van der Waals surface area contributed by atoms with Crippen molar-refractivity contribution >= 4 is 11.3 Å². The quantitative estimate of drug-likeness (QED) is 0.906. The second-order valence-corrected chi connectivity index (χ2v) is 6.77. The summed E-state index contributed by atoms with van der Waals surface area (Å²) in [7, 11) is 2.24. The van der Waals surface area contributed by atoms with Gasteiger partial charge >= 0.3 is 0 Å². The van der Waals surface area contributed by atoms with Gasteiger partial charge in [-0.1, -0.05) is 13.8 Å². The molecule has 0 spiro atoms. The first-order valence-electron chi connectivity index (χ1n) is 7.89. The van der Waals surface area contributed by atoms with Gasteiger partial charge in [0.05, 0.1) is 6.04 Å². The maximum Gasteiger partial charge on any atom is 0.0510 e. The Morgan fingerprint density at radius 3 is 2.80 bits per heavy atom. The third kappa shape index (κ3) is 3.61. The summed E-state index contributed by atoms with van der Waals surface area (Å²) >= 11 is 1.78. The van der Waals surface area contributed by atoms with E-state index < -0.39 is 0 Å². The topological polar surface area (TPSA) is 32.5 Å². The van der Waals surface area contributed by atoms with Gasteiger partial charge in [-0.2, -0.15) is 11.3 Å². The van der Waals surface area contributed by atoms with E-state index in [1.807, 2.05) is 0 Å². The fraction of sp³-hybridized carbons (Fsp3) is 0.750. The summed E-state index contributed by atoms with van der Waals surface area (Å²) < 4.78 is 0. The predicted molar refractivity (Wildman–Crippen MR) is 88.2 cm³/mol. The molecule has 0 saturated carbocycles. The average molecular weight is 295 g/mol. The molecule has 0 amide bonds. The van der Waals surface area contributed by atoms with Gasteiger partial charge in [0.2, 0.25) is 0 Å². The summed E-state index contributed by atoms with van der Waals surface area (Å²) in [5.74, 6) is 0. The monoisotopic (exact) mass is 295 g/mol. The van der Waals surface area contributed by atoms with Crippen LogP contribution in [-0.4, -0.2) is 48.6 Å². The summed E-state index contributed by atoms with van der Waals surface area (Å²) in [5.41, 5.74) is 7.90. The molecule has 1 aromatic rings. The van der Waals surface area contributed by atoms with Crippen molar-refractivity contribution in [2.45, 2.75) is 51.2 Å². The van der Waals surface area contributed by atoms with Gasteiger partial charge in [0.1, 0.15) is 0 Å². The zero-order valence-electron chi connectivity index (χ0n) is 13.1. The molecule has 1 aromatic heterocycles. The van der Waals surface area contributed by atoms with E-state index in [-0.39, 0.29) is 6.04 Å². The predicted octanol–water partition coefficient (Wildman–Crippen LogP) is 2.94. The first kappa shape index (κ1) is 16.0. The van der Waals surface area contributed by atoms with Gasteiger partial charge in [-0.25, -0.2) is 0 Å². The van der Waals surface area contributed by atoms with E-state index in [4.69, 9.17) is 5.73 Å². The molecule has 114 valence electrons. The summed E-state index contributed by atoms with van der Waals surface area (Å²) in [4.78, 5) is 5.15. The molecule has 4 heteroatoms. The van der Waals surface area contributed by atoms with Crippen molar-refractivity contribution in [1.82, 2.24) is 9.80 Å². The second kappa shape index (κ2) is 7.55. The number of hydrogen-bond donors (Lipinski definition) is 1. The van der Waals surface area contributed by atoms with Crippen LogP contribution < -0.4 is 5.73 Å². The largest absolute Gasteiger partial charge is 0.326 e. The Hall–Kier alpha value is -0.420. The number of likely N-dealkylation sites (N-methyl/N-ethyl adjacent to an activating group) is 1. The summed E-state index contributed by atoms with van der Waals surface area (Å²) in [6, 6.07) is 3.47. The molecule has 0 aliphatic carbocycles. The molecule has 20 heavy (non-hydrogen) atoms. The highest BCUT2D eigenvalue weighted by atomic mass is 32.1. The maximum atomic E-state index is 6.49. The van der Waals surface area contributed by atoms with Crippen molar-refractivity contribution in [1.29, 1.82) is 0 Å². The molecular weight excluding hydrogens is 266 g/mol. The normalized spacial score (nSPS) is 25.3. The van der Waals surface area contributed by atoms with Crippen molar-refractivity contribution in [3.63, 3.8) is 0 Å². The van der Waals surface area contributed by atoms with Crippen LogP contribution in [0.15, 0.2) is 16.8 Å². The highest BCUT2D eigenvalue weighted by molar-refractivity contribution is 7.07. The number of rotatable bonds is 5. The molecule has 3 unspecified atom stereocenters. The third-order valence-corrected chi connectivity index (χ3v) is 5.24.